The summed E-state index contributed by atoms with van der Waals surface area (Å²) in [6.45, 7) is 0. The molecule has 1 heterocycles. The number of thioether (sulfide) groups is 1. The summed E-state index contributed by atoms with van der Waals surface area (Å²) in [6, 6.07) is 22.0. The summed E-state index contributed by atoms with van der Waals surface area (Å²) >= 11 is 19.5. The fraction of sp³-hybridized carbons (Fsp3) is 0.0455. The molecule has 9 heteroatoms. The Labute approximate surface area is 198 Å². The van der Waals surface area contributed by atoms with Gasteiger partial charge in [0.05, 0.1) is 16.5 Å². The molecule has 0 bridgehead atoms. The number of rotatable bonds is 6. The molecule has 1 N–H and O–H groups in total. The lowest BCUT2D eigenvalue weighted by Crippen LogP contribution is -2.15. The van der Waals surface area contributed by atoms with Crippen molar-refractivity contribution in [1.29, 1.82) is 0 Å². The number of nitrogens with zero attached hydrogens (tertiary/aromatic N) is 3. The van der Waals surface area contributed by atoms with Gasteiger partial charge in [-0.05, 0) is 42.5 Å². The number of carbonyl (C=O) groups is 1. The number of aromatic nitrogens is 3. The van der Waals surface area contributed by atoms with Gasteiger partial charge in [-0.3, -0.25) is 9.36 Å². The zero-order valence-corrected chi connectivity index (χ0v) is 19.0. The highest BCUT2D eigenvalue weighted by atomic mass is 35.5. The molecule has 0 aliphatic rings. The Kier molecular flexibility index (Phi) is 6.83. The first-order chi connectivity index (χ1) is 15.0. The van der Waals surface area contributed by atoms with Crippen LogP contribution in [0.2, 0.25) is 15.1 Å². The minimum absolute atomic E-state index is 0.124. The van der Waals surface area contributed by atoms with E-state index in [2.05, 4.69) is 15.5 Å². The Morgan fingerprint density at radius 1 is 0.903 bits per heavy atom. The molecule has 156 valence electrons. The van der Waals surface area contributed by atoms with Gasteiger partial charge in [0, 0.05) is 21.3 Å². The third-order valence-electron chi connectivity index (χ3n) is 4.27. The Morgan fingerprint density at radius 3 is 2.42 bits per heavy atom. The second kappa shape index (κ2) is 9.75. The molecule has 0 aliphatic heterocycles. The van der Waals surface area contributed by atoms with Crippen molar-refractivity contribution in [2.45, 2.75) is 5.16 Å². The summed E-state index contributed by atoms with van der Waals surface area (Å²) in [5, 5.41) is 13.5. The first-order valence-corrected chi connectivity index (χ1v) is 11.3. The molecule has 0 spiro atoms. The maximum absolute atomic E-state index is 12.5. The van der Waals surface area contributed by atoms with Crippen LogP contribution in [0, 0.1) is 0 Å². The number of anilines is 1. The van der Waals surface area contributed by atoms with Gasteiger partial charge >= 0.3 is 0 Å². The molecule has 0 atom stereocenters. The summed E-state index contributed by atoms with van der Waals surface area (Å²) < 4.78 is 1.90. The summed E-state index contributed by atoms with van der Waals surface area (Å²) in [5.41, 5.74) is 2.21. The Bertz CT molecular complexity index is 1230. The molecule has 5 nitrogen and oxygen atoms in total. The Balaban J connectivity index is 1.59. The van der Waals surface area contributed by atoms with Crippen LogP contribution in [-0.4, -0.2) is 26.4 Å². The summed E-state index contributed by atoms with van der Waals surface area (Å²) in [7, 11) is 0. The second-order valence-corrected chi connectivity index (χ2v) is 8.67. The zero-order valence-electron chi connectivity index (χ0n) is 15.9. The van der Waals surface area contributed by atoms with Crippen LogP contribution in [0.4, 0.5) is 5.69 Å². The average molecular weight is 490 g/mol. The first kappa shape index (κ1) is 21.7. The van der Waals surface area contributed by atoms with Gasteiger partial charge in [0.1, 0.15) is 0 Å². The van der Waals surface area contributed by atoms with Gasteiger partial charge in [0.2, 0.25) is 5.91 Å². The third kappa shape index (κ3) is 5.22. The van der Waals surface area contributed by atoms with Crippen molar-refractivity contribution in [3.05, 3.63) is 87.9 Å². The standard InChI is InChI=1S/C22H15Cl3N4OS/c23-15-6-4-5-14(11-15)21-27-28-22(29(21)17-7-2-1-3-8-17)31-13-20(30)26-19-10-9-16(24)12-18(19)25/h1-12H,13H2,(H,26,30). The van der Waals surface area contributed by atoms with E-state index in [1.165, 1.54) is 11.8 Å². The molecule has 1 aromatic heterocycles. The maximum atomic E-state index is 12.5. The minimum atomic E-state index is -0.221. The van der Waals surface area contributed by atoms with Gasteiger partial charge in [-0.25, -0.2) is 0 Å². The number of halogens is 3. The SMILES string of the molecule is O=C(CSc1nnc(-c2cccc(Cl)c2)n1-c1ccccc1)Nc1ccc(Cl)cc1Cl. The lowest BCUT2D eigenvalue weighted by atomic mass is 10.2. The van der Waals surface area contributed by atoms with Crippen LogP contribution >= 0.6 is 46.6 Å². The van der Waals surface area contributed by atoms with E-state index in [0.717, 1.165) is 11.3 Å². The fourth-order valence-electron chi connectivity index (χ4n) is 2.90. The fourth-order valence-corrected chi connectivity index (χ4v) is 4.29. The molecular weight excluding hydrogens is 475 g/mol. The highest BCUT2D eigenvalue weighted by Crippen LogP contribution is 2.30. The summed E-state index contributed by atoms with van der Waals surface area (Å²) in [6.07, 6.45) is 0. The van der Waals surface area contributed by atoms with Crippen molar-refractivity contribution in [2.75, 3.05) is 11.1 Å². The number of benzene rings is 3. The van der Waals surface area contributed by atoms with Crippen LogP contribution in [0.5, 0.6) is 0 Å². The van der Waals surface area contributed by atoms with E-state index in [-0.39, 0.29) is 11.7 Å². The van der Waals surface area contributed by atoms with Crippen LogP contribution in [-0.2, 0) is 4.79 Å². The Hall–Kier alpha value is -2.51. The van der Waals surface area contributed by atoms with Crippen LogP contribution in [0.1, 0.15) is 0 Å². The molecular formula is C22H15Cl3N4OS. The van der Waals surface area contributed by atoms with Crippen molar-refractivity contribution >= 4 is 58.2 Å². The number of hydrogen-bond donors (Lipinski definition) is 1. The van der Waals surface area contributed by atoms with E-state index in [9.17, 15) is 4.79 Å². The lowest BCUT2D eigenvalue weighted by molar-refractivity contribution is -0.113. The first-order valence-electron chi connectivity index (χ1n) is 9.16. The molecule has 1 amide bonds. The quantitative estimate of drug-likeness (QED) is 0.309. The van der Waals surface area contributed by atoms with Gasteiger partial charge in [-0.15, -0.1) is 10.2 Å². The van der Waals surface area contributed by atoms with Crippen molar-refractivity contribution in [3.63, 3.8) is 0 Å². The normalized spacial score (nSPS) is 10.8. The smallest absolute Gasteiger partial charge is 0.234 e. The van der Waals surface area contributed by atoms with E-state index in [1.807, 2.05) is 53.1 Å². The van der Waals surface area contributed by atoms with Crippen LogP contribution in [0.3, 0.4) is 0 Å². The van der Waals surface area contributed by atoms with E-state index in [1.54, 1.807) is 24.3 Å². The van der Waals surface area contributed by atoms with Crippen LogP contribution < -0.4 is 5.32 Å². The lowest BCUT2D eigenvalue weighted by Gasteiger charge is -2.11. The maximum Gasteiger partial charge on any atom is 0.234 e. The second-order valence-electron chi connectivity index (χ2n) is 6.45. The molecule has 3 aromatic carbocycles. The molecule has 0 saturated carbocycles. The van der Waals surface area contributed by atoms with Gasteiger partial charge in [0.15, 0.2) is 11.0 Å². The topological polar surface area (TPSA) is 59.8 Å². The van der Waals surface area contributed by atoms with E-state index < -0.39 is 0 Å². The van der Waals surface area contributed by atoms with E-state index in [4.69, 9.17) is 34.8 Å². The summed E-state index contributed by atoms with van der Waals surface area (Å²) in [4.78, 5) is 12.5. The van der Waals surface area contributed by atoms with Crippen molar-refractivity contribution in [2.24, 2.45) is 0 Å². The number of nitrogens with one attached hydrogen (secondary N) is 1. The minimum Gasteiger partial charge on any atom is -0.324 e. The van der Waals surface area contributed by atoms with Crippen molar-refractivity contribution < 1.29 is 4.79 Å². The molecule has 4 rings (SSSR count). The number of amides is 1. The largest absolute Gasteiger partial charge is 0.324 e. The van der Waals surface area contributed by atoms with Gasteiger partial charge in [-0.2, -0.15) is 0 Å². The highest BCUT2D eigenvalue weighted by Gasteiger charge is 2.18. The molecule has 0 saturated heterocycles. The average Bonchev–Trinajstić information content (AvgIpc) is 3.19. The van der Waals surface area contributed by atoms with E-state index in [0.29, 0.717) is 31.7 Å². The number of carbonyl (C=O) groups excluding carboxylic acids is 1. The van der Waals surface area contributed by atoms with Crippen molar-refractivity contribution in [3.8, 4) is 17.1 Å². The molecule has 4 aromatic rings. The van der Waals surface area contributed by atoms with Crippen LogP contribution in [0.25, 0.3) is 17.1 Å². The Morgan fingerprint density at radius 2 is 1.68 bits per heavy atom. The van der Waals surface area contributed by atoms with Gasteiger partial charge in [-0.1, -0.05) is 76.9 Å². The molecule has 0 radical (unpaired) electrons. The van der Waals surface area contributed by atoms with Crippen LogP contribution in [0.15, 0.2) is 78.0 Å². The van der Waals surface area contributed by atoms with E-state index >= 15 is 0 Å². The van der Waals surface area contributed by atoms with Crippen molar-refractivity contribution in [1.82, 2.24) is 14.8 Å². The van der Waals surface area contributed by atoms with Gasteiger partial charge < -0.3 is 5.32 Å². The predicted molar refractivity (Wildman–Crippen MR) is 128 cm³/mol. The molecule has 0 unspecified atom stereocenters. The number of para-hydroxylation sites is 1. The van der Waals surface area contributed by atoms with Gasteiger partial charge in [0.25, 0.3) is 0 Å². The third-order valence-corrected chi connectivity index (χ3v) is 5.98. The predicted octanol–water partition coefficient (Wildman–Crippen LogP) is 6.63. The molecule has 0 fully saturated rings. The monoisotopic (exact) mass is 488 g/mol. The highest BCUT2D eigenvalue weighted by molar-refractivity contribution is 7.99. The summed E-state index contributed by atoms with van der Waals surface area (Å²) in [5.74, 6) is 0.540. The molecule has 31 heavy (non-hydrogen) atoms. The molecule has 0 aliphatic carbocycles. The zero-order chi connectivity index (χ0) is 21.8. The number of hydrogen-bond acceptors (Lipinski definition) is 4.